The van der Waals surface area contributed by atoms with E-state index in [1.165, 1.54) is 12.5 Å². The summed E-state index contributed by atoms with van der Waals surface area (Å²) in [7, 11) is -3.25. The Hall–Kier alpha value is -2.15. The van der Waals surface area contributed by atoms with Crippen LogP contribution in [0.2, 0.25) is 0 Å². The van der Waals surface area contributed by atoms with Crippen molar-refractivity contribution < 1.29 is 17.7 Å². The lowest BCUT2D eigenvalue weighted by Crippen LogP contribution is -2.45. The maximum atomic E-state index is 13.0. The number of aromatic nitrogens is 1. The van der Waals surface area contributed by atoms with Crippen LogP contribution in [0.5, 0.6) is 0 Å². The van der Waals surface area contributed by atoms with Gasteiger partial charge >= 0.3 is 0 Å². The van der Waals surface area contributed by atoms with Gasteiger partial charge in [0.25, 0.3) is 0 Å². The molecule has 1 saturated carbocycles. The average Bonchev–Trinajstić information content (AvgIpc) is 3.13. The molecule has 0 spiro atoms. The van der Waals surface area contributed by atoms with Crippen molar-refractivity contribution >= 4 is 15.7 Å². The molecule has 2 aromatic rings. The second kappa shape index (κ2) is 7.00. The topological polar surface area (TPSA) is 89.3 Å². The van der Waals surface area contributed by atoms with Gasteiger partial charge in [0.2, 0.25) is 5.91 Å². The first-order valence-corrected chi connectivity index (χ1v) is 10.3. The third-order valence-electron chi connectivity index (χ3n) is 4.90. The van der Waals surface area contributed by atoms with Crippen molar-refractivity contribution in [2.45, 2.75) is 49.0 Å². The van der Waals surface area contributed by atoms with Crippen LogP contribution in [0.3, 0.4) is 0 Å². The van der Waals surface area contributed by atoms with Crippen molar-refractivity contribution in [2.75, 3.05) is 6.26 Å². The van der Waals surface area contributed by atoms with Gasteiger partial charge < -0.3 is 9.84 Å². The summed E-state index contributed by atoms with van der Waals surface area (Å²) in [5, 5.41) is 6.77. The van der Waals surface area contributed by atoms with Crippen LogP contribution < -0.4 is 5.32 Å². The fourth-order valence-electron chi connectivity index (χ4n) is 3.49. The standard InChI is InChI=1S/C18H22N2O4S/c1-25(22,23)16-7-5-14(6-8-16)18(10-3-2-4-11-18)17(21)19-13-15-9-12-24-20-15/h5-9,12H,2-4,10-11,13H2,1H3,(H,19,21). The molecule has 1 aliphatic rings. The summed E-state index contributed by atoms with van der Waals surface area (Å²) >= 11 is 0. The van der Waals surface area contributed by atoms with E-state index in [9.17, 15) is 13.2 Å². The van der Waals surface area contributed by atoms with E-state index in [0.717, 1.165) is 37.7 Å². The molecule has 0 bridgehead atoms. The summed E-state index contributed by atoms with van der Waals surface area (Å²) in [6, 6.07) is 8.45. The van der Waals surface area contributed by atoms with Gasteiger partial charge in [-0.3, -0.25) is 4.79 Å². The van der Waals surface area contributed by atoms with Crippen molar-refractivity contribution in [1.82, 2.24) is 10.5 Å². The first-order chi connectivity index (χ1) is 11.9. The van der Waals surface area contributed by atoms with E-state index in [1.54, 1.807) is 30.3 Å². The molecule has 1 aromatic carbocycles. The van der Waals surface area contributed by atoms with E-state index in [2.05, 4.69) is 10.5 Å². The summed E-state index contributed by atoms with van der Waals surface area (Å²) in [6.45, 7) is 0.318. The summed E-state index contributed by atoms with van der Waals surface area (Å²) in [6.07, 6.45) is 7.24. The minimum atomic E-state index is -3.25. The van der Waals surface area contributed by atoms with Crippen LogP contribution >= 0.6 is 0 Å². The molecule has 1 aromatic heterocycles. The van der Waals surface area contributed by atoms with E-state index in [4.69, 9.17) is 4.52 Å². The molecule has 0 unspecified atom stereocenters. The quantitative estimate of drug-likeness (QED) is 0.883. The van der Waals surface area contributed by atoms with E-state index in [0.29, 0.717) is 12.2 Å². The van der Waals surface area contributed by atoms with Gasteiger partial charge in [-0.15, -0.1) is 0 Å². The second-order valence-electron chi connectivity index (χ2n) is 6.61. The Bertz CT molecular complexity index is 820. The normalized spacial score (nSPS) is 17.2. The second-order valence-corrected chi connectivity index (χ2v) is 8.63. The number of nitrogens with one attached hydrogen (secondary N) is 1. The van der Waals surface area contributed by atoms with Crippen molar-refractivity contribution in [3.8, 4) is 0 Å². The number of hydrogen-bond acceptors (Lipinski definition) is 5. The minimum Gasteiger partial charge on any atom is -0.364 e. The lowest BCUT2D eigenvalue weighted by atomic mass is 9.68. The zero-order chi connectivity index (χ0) is 17.9. The Balaban J connectivity index is 1.86. The van der Waals surface area contributed by atoms with Gasteiger partial charge in [0.1, 0.15) is 12.0 Å². The minimum absolute atomic E-state index is 0.0395. The van der Waals surface area contributed by atoms with Crippen molar-refractivity contribution in [3.63, 3.8) is 0 Å². The summed E-state index contributed by atoms with van der Waals surface area (Å²) in [5.41, 5.74) is 0.932. The highest BCUT2D eigenvalue weighted by Crippen LogP contribution is 2.40. The predicted molar refractivity (Wildman–Crippen MR) is 92.7 cm³/mol. The van der Waals surface area contributed by atoms with Gasteiger partial charge in [0.05, 0.1) is 16.9 Å². The Labute approximate surface area is 147 Å². The maximum Gasteiger partial charge on any atom is 0.230 e. The fraction of sp³-hybridized carbons (Fsp3) is 0.444. The van der Waals surface area contributed by atoms with E-state index in [1.807, 2.05) is 0 Å². The molecule has 1 heterocycles. The summed E-state index contributed by atoms with van der Waals surface area (Å²) in [4.78, 5) is 13.3. The summed E-state index contributed by atoms with van der Waals surface area (Å²) in [5.74, 6) is -0.0395. The van der Waals surface area contributed by atoms with Gasteiger partial charge in [-0.2, -0.15) is 0 Å². The predicted octanol–water partition coefficient (Wildman–Crippen LogP) is 2.60. The van der Waals surface area contributed by atoms with Crippen molar-refractivity contribution in [3.05, 3.63) is 47.9 Å². The number of nitrogens with zero attached hydrogens (tertiary/aromatic N) is 1. The molecule has 0 saturated heterocycles. The van der Waals surface area contributed by atoms with E-state index < -0.39 is 15.3 Å². The molecule has 0 aliphatic heterocycles. The highest BCUT2D eigenvalue weighted by atomic mass is 32.2. The van der Waals surface area contributed by atoms with E-state index >= 15 is 0 Å². The van der Waals surface area contributed by atoms with Crippen molar-refractivity contribution in [2.24, 2.45) is 0 Å². The highest BCUT2D eigenvalue weighted by Gasteiger charge is 2.41. The first kappa shape index (κ1) is 17.7. The monoisotopic (exact) mass is 362 g/mol. The SMILES string of the molecule is CS(=O)(=O)c1ccc(C2(C(=O)NCc3ccon3)CCCCC2)cc1. The van der Waals surface area contributed by atoms with Gasteiger partial charge in [-0.1, -0.05) is 36.6 Å². The van der Waals surface area contributed by atoms with Gasteiger partial charge in [-0.25, -0.2) is 8.42 Å². The van der Waals surface area contributed by atoms with Crippen LogP contribution in [0.25, 0.3) is 0 Å². The molecule has 6 nitrogen and oxygen atoms in total. The molecule has 1 amide bonds. The maximum absolute atomic E-state index is 13.0. The zero-order valence-electron chi connectivity index (χ0n) is 14.2. The van der Waals surface area contributed by atoms with Crippen LogP contribution in [-0.4, -0.2) is 25.7 Å². The molecule has 25 heavy (non-hydrogen) atoms. The van der Waals surface area contributed by atoms with E-state index in [-0.39, 0.29) is 10.8 Å². The molecule has 0 radical (unpaired) electrons. The molecular formula is C18H22N2O4S. The first-order valence-electron chi connectivity index (χ1n) is 8.40. The molecule has 3 rings (SSSR count). The fourth-order valence-corrected chi connectivity index (χ4v) is 4.12. The third kappa shape index (κ3) is 3.76. The third-order valence-corrected chi connectivity index (χ3v) is 6.03. The van der Waals surface area contributed by atoms with Gasteiger partial charge in [0.15, 0.2) is 9.84 Å². The number of carbonyl (C=O) groups is 1. The smallest absolute Gasteiger partial charge is 0.230 e. The molecule has 1 N–H and O–H groups in total. The number of sulfone groups is 1. The summed E-state index contributed by atoms with van der Waals surface area (Å²) < 4.78 is 28.1. The Kier molecular flexibility index (Phi) is 4.94. The molecule has 1 fully saturated rings. The van der Waals surface area contributed by atoms with Crippen LogP contribution in [0.15, 0.2) is 46.0 Å². The van der Waals surface area contributed by atoms with Crippen molar-refractivity contribution in [1.29, 1.82) is 0 Å². The van der Waals surface area contributed by atoms with Crippen LogP contribution in [0, 0.1) is 0 Å². The molecule has 134 valence electrons. The molecule has 1 aliphatic carbocycles. The molecule has 0 atom stereocenters. The number of amides is 1. The zero-order valence-corrected chi connectivity index (χ0v) is 15.0. The van der Waals surface area contributed by atoms with Gasteiger partial charge in [-0.05, 0) is 30.5 Å². The number of carbonyl (C=O) groups excluding carboxylic acids is 1. The number of rotatable bonds is 5. The molecule has 7 heteroatoms. The van der Waals surface area contributed by atoms with Crippen LogP contribution in [0.4, 0.5) is 0 Å². The number of benzene rings is 1. The Morgan fingerprint density at radius 2 is 1.84 bits per heavy atom. The number of hydrogen-bond donors (Lipinski definition) is 1. The Morgan fingerprint density at radius 1 is 1.16 bits per heavy atom. The van der Waals surface area contributed by atoms with Gasteiger partial charge in [0, 0.05) is 12.3 Å². The largest absolute Gasteiger partial charge is 0.364 e. The van der Waals surface area contributed by atoms with Crippen LogP contribution in [-0.2, 0) is 26.6 Å². The highest BCUT2D eigenvalue weighted by molar-refractivity contribution is 7.90. The van der Waals surface area contributed by atoms with Crippen LogP contribution in [0.1, 0.15) is 43.4 Å². The average molecular weight is 362 g/mol. The Morgan fingerprint density at radius 3 is 2.40 bits per heavy atom. The lowest BCUT2D eigenvalue weighted by Gasteiger charge is -2.36. The molecular weight excluding hydrogens is 340 g/mol. The lowest BCUT2D eigenvalue weighted by molar-refractivity contribution is -0.128.